The highest BCUT2D eigenvalue weighted by Crippen LogP contribution is 2.28. The number of aryl methyl sites for hydroxylation is 3. The van der Waals surface area contributed by atoms with Gasteiger partial charge in [0.2, 0.25) is 5.95 Å². The molecular formula is C21H24N4O. The Bertz CT molecular complexity index is 888. The van der Waals surface area contributed by atoms with Crippen molar-refractivity contribution in [1.29, 1.82) is 0 Å². The average molecular weight is 348 g/mol. The quantitative estimate of drug-likeness (QED) is 0.634. The van der Waals surface area contributed by atoms with E-state index in [1.807, 2.05) is 44.2 Å². The predicted molar refractivity (Wildman–Crippen MR) is 107 cm³/mol. The summed E-state index contributed by atoms with van der Waals surface area (Å²) in [5, 5.41) is 6.69. The first-order chi connectivity index (χ1) is 12.6. The standard InChI is InChI=1S/C21H24N4O/c1-5-26-18-12-7-6-11-17(18)23-21-22-16(4)13-19(25-21)24-20-14(2)9-8-10-15(20)3/h6-13H,5H2,1-4H3,(H2,22,23,24,25). The Morgan fingerprint density at radius 1 is 0.885 bits per heavy atom. The maximum Gasteiger partial charge on any atom is 0.229 e. The number of para-hydroxylation sites is 3. The molecule has 0 aliphatic heterocycles. The molecule has 2 N–H and O–H groups in total. The second-order valence-corrected chi connectivity index (χ2v) is 6.16. The number of nitrogens with one attached hydrogen (secondary N) is 2. The number of anilines is 4. The number of nitrogens with zero attached hydrogens (tertiary/aromatic N) is 2. The van der Waals surface area contributed by atoms with Gasteiger partial charge >= 0.3 is 0 Å². The van der Waals surface area contributed by atoms with Crippen LogP contribution in [-0.4, -0.2) is 16.6 Å². The summed E-state index contributed by atoms with van der Waals surface area (Å²) in [7, 11) is 0. The first kappa shape index (κ1) is 17.7. The van der Waals surface area contributed by atoms with Crippen LogP contribution < -0.4 is 15.4 Å². The van der Waals surface area contributed by atoms with Crippen molar-refractivity contribution in [3.05, 3.63) is 65.4 Å². The summed E-state index contributed by atoms with van der Waals surface area (Å²) in [6, 6.07) is 15.9. The summed E-state index contributed by atoms with van der Waals surface area (Å²) < 4.78 is 5.66. The van der Waals surface area contributed by atoms with Gasteiger partial charge < -0.3 is 15.4 Å². The molecule has 0 amide bonds. The van der Waals surface area contributed by atoms with Crippen molar-refractivity contribution >= 4 is 23.1 Å². The van der Waals surface area contributed by atoms with Crippen LogP contribution in [0.3, 0.4) is 0 Å². The van der Waals surface area contributed by atoms with Gasteiger partial charge in [0.05, 0.1) is 12.3 Å². The summed E-state index contributed by atoms with van der Waals surface area (Å²) in [5.74, 6) is 2.07. The fourth-order valence-corrected chi connectivity index (χ4v) is 2.80. The molecule has 134 valence electrons. The van der Waals surface area contributed by atoms with Gasteiger partial charge in [-0.2, -0.15) is 4.98 Å². The third-order valence-electron chi connectivity index (χ3n) is 4.02. The fourth-order valence-electron chi connectivity index (χ4n) is 2.80. The molecule has 0 saturated heterocycles. The molecule has 5 heteroatoms. The van der Waals surface area contributed by atoms with Crippen molar-refractivity contribution < 1.29 is 4.74 Å². The molecule has 1 aromatic heterocycles. The molecule has 0 radical (unpaired) electrons. The molecule has 0 fully saturated rings. The van der Waals surface area contributed by atoms with Crippen LogP contribution in [0.4, 0.5) is 23.1 Å². The topological polar surface area (TPSA) is 59.1 Å². The molecule has 2 aromatic carbocycles. The van der Waals surface area contributed by atoms with E-state index < -0.39 is 0 Å². The van der Waals surface area contributed by atoms with E-state index in [4.69, 9.17) is 4.74 Å². The first-order valence-electron chi connectivity index (χ1n) is 8.74. The van der Waals surface area contributed by atoms with Crippen LogP contribution in [0.1, 0.15) is 23.7 Å². The largest absolute Gasteiger partial charge is 0.492 e. The number of hydrogen-bond donors (Lipinski definition) is 2. The lowest BCUT2D eigenvalue weighted by molar-refractivity contribution is 0.342. The molecular weight excluding hydrogens is 324 g/mol. The average Bonchev–Trinajstić information content (AvgIpc) is 2.60. The van der Waals surface area contributed by atoms with Gasteiger partial charge in [-0.25, -0.2) is 4.98 Å². The van der Waals surface area contributed by atoms with Gasteiger partial charge in [0.1, 0.15) is 11.6 Å². The zero-order valence-corrected chi connectivity index (χ0v) is 15.6. The van der Waals surface area contributed by atoms with Crippen LogP contribution in [0.5, 0.6) is 5.75 Å². The van der Waals surface area contributed by atoms with E-state index in [1.165, 1.54) is 11.1 Å². The third kappa shape index (κ3) is 4.11. The Hall–Kier alpha value is -3.08. The van der Waals surface area contributed by atoms with E-state index in [2.05, 4.69) is 52.6 Å². The van der Waals surface area contributed by atoms with Crippen LogP contribution in [0.15, 0.2) is 48.5 Å². The molecule has 26 heavy (non-hydrogen) atoms. The maximum atomic E-state index is 5.66. The molecule has 0 aliphatic rings. The van der Waals surface area contributed by atoms with Crippen molar-refractivity contribution in [1.82, 2.24) is 9.97 Å². The van der Waals surface area contributed by atoms with Crippen molar-refractivity contribution in [3.63, 3.8) is 0 Å². The Labute approximate surface area is 154 Å². The van der Waals surface area contributed by atoms with Gasteiger partial charge in [-0.15, -0.1) is 0 Å². The highest BCUT2D eigenvalue weighted by atomic mass is 16.5. The predicted octanol–water partition coefficient (Wildman–Crippen LogP) is 5.29. The van der Waals surface area contributed by atoms with Crippen molar-refractivity contribution in [2.24, 2.45) is 0 Å². The van der Waals surface area contributed by atoms with Gasteiger partial charge in [0.15, 0.2) is 0 Å². The van der Waals surface area contributed by atoms with Crippen molar-refractivity contribution in [3.8, 4) is 5.75 Å². The molecule has 3 aromatic rings. The van der Waals surface area contributed by atoms with Crippen LogP contribution in [0.25, 0.3) is 0 Å². The molecule has 0 atom stereocenters. The normalized spacial score (nSPS) is 10.5. The lowest BCUT2D eigenvalue weighted by atomic mass is 10.1. The lowest BCUT2D eigenvalue weighted by Crippen LogP contribution is -2.05. The van der Waals surface area contributed by atoms with Gasteiger partial charge in [-0.05, 0) is 51.0 Å². The molecule has 0 unspecified atom stereocenters. The van der Waals surface area contributed by atoms with Gasteiger partial charge in [-0.3, -0.25) is 0 Å². The monoisotopic (exact) mass is 348 g/mol. The Kier molecular flexibility index (Phi) is 5.37. The zero-order valence-electron chi connectivity index (χ0n) is 15.6. The Morgan fingerprint density at radius 2 is 1.62 bits per heavy atom. The van der Waals surface area contributed by atoms with Gasteiger partial charge in [0, 0.05) is 17.4 Å². The zero-order chi connectivity index (χ0) is 18.5. The van der Waals surface area contributed by atoms with Crippen LogP contribution in [0, 0.1) is 20.8 Å². The van der Waals surface area contributed by atoms with E-state index in [0.717, 1.165) is 28.6 Å². The second kappa shape index (κ2) is 7.87. The van der Waals surface area contributed by atoms with Gasteiger partial charge in [-0.1, -0.05) is 30.3 Å². The third-order valence-corrected chi connectivity index (χ3v) is 4.02. The summed E-state index contributed by atoms with van der Waals surface area (Å²) in [6.45, 7) is 8.69. The highest BCUT2D eigenvalue weighted by molar-refractivity contribution is 5.67. The number of hydrogen-bond acceptors (Lipinski definition) is 5. The lowest BCUT2D eigenvalue weighted by Gasteiger charge is -2.15. The molecule has 0 spiro atoms. The number of rotatable bonds is 6. The fraction of sp³-hybridized carbons (Fsp3) is 0.238. The first-order valence-corrected chi connectivity index (χ1v) is 8.74. The summed E-state index contributed by atoms with van der Waals surface area (Å²) in [5.41, 5.74) is 5.16. The molecule has 5 nitrogen and oxygen atoms in total. The van der Waals surface area contributed by atoms with Gasteiger partial charge in [0.25, 0.3) is 0 Å². The number of benzene rings is 2. The Morgan fingerprint density at radius 3 is 2.35 bits per heavy atom. The minimum Gasteiger partial charge on any atom is -0.492 e. The maximum absolute atomic E-state index is 5.66. The molecule has 1 heterocycles. The summed E-state index contributed by atoms with van der Waals surface area (Å²) >= 11 is 0. The van der Waals surface area contributed by atoms with Crippen LogP contribution >= 0.6 is 0 Å². The second-order valence-electron chi connectivity index (χ2n) is 6.16. The van der Waals surface area contributed by atoms with E-state index in [9.17, 15) is 0 Å². The smallest absolute Gasteiger partial charge is 0.229 e. The molecule has 0 bridgehead atoms. The van der Waals surface area contributed by atoms with E-state index in [-0.39, 0.29) is 0 Å². The SMILES string of the molecule is CCOc1ccccc1Nc1nc(C)cc(Nc2c(C)cccc2C)n1. The minimum atomic E-state index is 0.533. The van der Waals surface area contributed by atoms with E-state index in [0.29, 0.717) is 12.6 Å². The molecule has 3 rings (SSSR count). The summed E-state index contributed by atoms with van der Waals surface area (Å²) in [6.07, 6.45) is 0. The molecule has 0 saturated carbocycles. The summed E-state index contributed by atoms with van der Waals surface area (Å²) in [4.78, 5) is 9.12. The van der Waals surface area contributed by atoms with Crippen molar-refractivity contribution in [2.45, 2.75) is 27.7 Å². The van der Waals surface area contributed by atoms with E-state index in [1.54, 1.807) is 0 Å². The van der Waals surface area contributed by atoms with Crippen LogP contribution in [0.2, 0.25) is 0 Å². The molecule has 0 aliphatic carbocycles. The number of ether oxygens (including phenoxy) is 1. The minimum absolute atomic E-state index is 0.533. The Balaban J connectivity index is 1.89. The number of aromatic nitrogens is 2. The van der Waals surface area contributed by atoms with E-state index >= 15 is 0 Å². The van der Waals surface area contributed by atoms with Crippen LogP contribution in [-0.2, 0) is 0 Å². The van der Waals surface area contributed by atoms with Crippen molar-refractivity contribution in [2.75, 3.05) is 17.2 Å². The highest BCUT2D eigenvalue weighted by Gasteiger charge is 2.09.